The molecule has 0 N–H and O–H groups in total. The molecule has 0 saturated heterocycles. The number of halogens is 1. The van der Waals surface area contributed by atoms with Crippen molar-refractivity contribution in [1.29, 1.82) is 0 Å². The van der Waals surface area contributed by atoms with Gasteiger partial charge in [0.05, 0.1) is 11.4 Å². The smallest absolute Gasteiger partial charge is 0.175 e. The van der Waals surface area contributed by atoms with Crippen LogP contribution in [0.25, 0.3) is 10.9 Å². The zero-order valence-electron chi connectivity index (χ0n) is 11.5. The SMILES string of the molecule is CS(=O)(=O)c1ccc(Cn2ccc3ccccc32)c(F)c1. The summed E-state index contributed by atoms with van der Waals surface area (Å²) >= 11 is 0. The molecule has 0 fully saturated rings. The number of fused-ring (bicyclic) bond motifs is 1. The predicted octanol–water partition coefficient (Wildman–Crippen LogP) is 3.23. The van der Waals surface area contributed by atoms with Gasteiger partial charge in [0.2, 0.25) is 0 Å². The quantitative estimate of drug-likeness (QED) is 0.745. The van der Waals surface area contributed by atoms with Crippen LogP contribution >= 0.6 is 0 Å². The van der Waals surface area contributed by atoms with Crippen LogP contribution in [0.5, 0.6) is 0 Å². The van der Waals surface area contributed by atoms with Crippen molar-refractivity contribution in [3.8, 4) is 0 Å². The van der Waals surface area contributed by atoms with Crippen molar-refractivity contribution >= 4 is 20.7 Å². The largest absolute Gasteiger partial charge is 0.343 e. The summed E-state index contributed by atoms with van der Waals surface area (Å²) in [5.41, 5.74) is 1.48. The highest BCUT2D eigenvalue weighted by Crippen LogP contribution is 2.20. The van der Waals surface area contributed by atoms with Gasteiger partial charge in [0.25, 0.3) is 0 Å². The Morgan fingerprint density at radius 3 is 2.57 bits per heavy atom. The van der Waals surface area contributed by atoms with E-state index in [1.54, 1.807) is 0 Å². The molecule has 3 aromatic rings. The monoisotopic (exact) mass is 303 g/mol. The molecule has 3 nitrogen and oxygen atoms in total. The molecule has 3 rings (SSSR count). The second kappa shape index (κ2) is 5.00. The van der Waals surface area contributed by atoms with Crippen LogP contribution in [-0.4, -0.2) is 19.2 Å². The van der Waals surface area contributed by atoms with E-state index >= 15 is 0 Å². The van der Waals surface area contributed by atoms with Gasteiger partial charge in [-0.25, -0.2) is 12.8 Å². The Bertz CT molecular complexity index is 913. The van der Waals surface area contributed by atoms with Crippen molar-refractivity contribution in [2.75, 3.05) is 6.26 Å². The highest BCUT2D eigenvalue weighted by molar-refractivity contribution is 7.90. The molecule has 0 radical (unpaired) electrons. The van der Waals surface area contributed by atoms with Crippen LogP contribution in [-0.2, 0) is 16.4 Å². The minimum absolute atomic E-state index is 0.00103. The summed E-state index contributed by atoms with van der Waals surface area (Å²) in [6.45, 7) is 0.364. The average molecular weight is 303 g/mol. The van der Waals surface area contributed by atoms with Crippen molar-refractivity contribution < 1.29 is 12.8 Å². The maximum Gasteiger partial charge on any atom is 0.175 e. The van der Waals surface area contributed by atoms with E-state index in [1.807, 2.05) is 41.1 Å². The van der Waals surface area contributed by atoms with Crippen molar-refractivity contribution in [3.05, 3.63) is 66.1 Å². The molecule has 108 valence electrons. The molecular weight excluding hydrogens is 289 g/mol. The van der Waals surface area contributed by atoms with E-state index in [4.69, 9.17) is 0 Å². The first kappa shape index (κ1) is 13.8. The lowest BCUT2D eigenvalue weighted by Gasteiger charge is -2.08. The van der Waals surface area contributed by atoms with Crippen LogP contribution in [0.2, 0.25) is 0 Å². The minimum Gasteiger partial charge on any atom is -0.343 e. The Morgan fingerprint density at radius 1 is 1.10 bits per heavy atom. The molecule has 0 aliphatic rings. The summed E-state index contributed by atoms with van der Waals surface area (Å²) in [4.78, 5) is 0.00103. The first-order valence-corrected chi connectivity index (χ1v) is 8.37. The molecule has 1 heterocycles. The van der Waals surface area contributed by atoms with Crippen LogP contribution in [0, 0.1) is 5.82 Å². The van der Waals surface area contributed by atoms with Gasteiger partial charge in [0.1, 0.15) is 5.82 Å². The zero-order valence-corrected chi connectivity index (χ0v) is 12.3. The minimum atomic E-state index is -3.39. The van der Waals surface area contributed by atoms with E-state index in [1.165, 1.54) is 12.1 Å². The standard InChI is InChI=1S/C16H14FNO2S/c1-21(19,20)14-7-6-13(15(17)10-14)11-18-9-8-12-4-2-3-5-16(12)18/h2-10H,11H2,1H3. The molecule has 21 heavy (non-hydrogen) atoms. The second-order valence-electron chi connectivity index (χ2n) is 5.03. The zero-order chi connectivity index (χ0) is 15.0. The molecule has 5 heteroatoms. The van der Waals surface area contributed by atoms with Gasteiger partial charge in [-0.05, 0) is 29.7 Å². The Hall–Kier alpha value is -2.14. The molecule has 0 aliphatic carbocycles. The van der Waals surface area contributed by atoms with Crippen LogP contribution in [0.15, 0.2) is 59.6 Å². The Kier molecular flexibility index (Phi) is 3.29. The van der Waals surface area contributed by atoms with E-state index in [0.29, 0.717) is 12.1 Å². The van der Waals surface area contributed by atoms with Crippen molar-refractivity contribution in [3.63, 3.8) is 0 Å². The molecule has 1 aromatic heterocycles. The molecule has 0 atom stereocenters. The molecule has 2 aromatic carbocycles. The number of sulfone groups is 1. The van der Waals surface area contributed by atoms with Gasteiger partial charge < -0.3 is 4.57 Å². The van der Waals surface area contributed by atoms with Crippen LogP contribution in [0.1, 0.15) is 5.56 Å². The number of benzene rings is 2. The highest BCUT2D eigenvalue weighted by Gasteiger charge is 2.11. The predicted molar refractivity (Wildman–Crippen MR) is 80.5 cm³/mol. The van der Waals surface area contributed by atoms with Crippen molar-refractivity contribution in [2.24, 2.45) is 0 Å². The third kappa shape index (κ3) is 2.69. The highest BCUT2D eigenvalue weighted by atomic mass is 32.2. The first-order chi connectivity index (χ1) is 9.95. The lowest BCUT2D eigenvalue weighted by Crippen LogP contribution is -2.03. The summed E-state index contributed by atoms with van der Waals surface area (Å²) in [6, 6.07) is 13.9. The molecular formula is C16H14FNO2S. The average Bonchev–Trinajstić information content (AvgIpc) is 2.83. The third-order valence-corrected chi connectivity index (χ3v) is 4.58. The molecule has 0 aliphatic heterocycles. The summed E-state index contributed by atoms with van der Waals surface area (Å²) in [6.07, 6.45) is 2.97. The Labute approximate surface area is 122 Å². The van der Waals surface area contributed by atoms with Gasteiger partial charge in [0, 0.05) is 23.5 Å². The molecule has 0 unspecified atom stereocenters. The van der Waals surface area contributed by atoms with Crippen LogP contribution in [0.3, 0.4) is 0 Å². The number of hydrogen-bond acceptors (Lipinski definition) is 2. The van der Waals surface area contributed by atoms with Crippen molar-refractivity contribution in [2.45, 2.75) is 11.4 Å². The number of aromatic nitrogens is 1. The third-order valence-electron chi connectivity index (χ3n) is 3.47. The van der Waals surface area contributed by atoms with E-state index in [2.05, 4.69) is 0 Å². The van der Waals surface area contributed by atoms with Crippen LogP contribution < -0.4 is 0 Å². The molecule has 0 bridgehead atoms. The van der Waals surface area contributed by atoms with Crippen LogP contribution in [0.4, 0.5) is 4.39 Å². The molecule has 0 spiro atoms. The number of nitrogens with zero attached hydrogens (tertiary/aromatic N) is 1. The van der Waals surface area contributed by atoms with Gasteiger partial charge in [-0.1, -0.05) is 24.3 Å². The van der Waals surface area contributed by atoms with E-state index in [9.17, 15) is 12.8 Å². The van der Waals surface area contributed by atoms with Gasteiger partial charge >= 0.3 is 0 Å². The Morgan fingerprint density at radius 2 is 1.86 bits per heavy atom. The fraction of sp³-hybridized carbons (Fsp3) is 0.125. The number of rotatable bonds is 3. The normalized spacial score (nSPS) is 11.9. The fourth-order valence-electron chi connectivity index (χ4n) is 2.35. The fourth-order valence-corrected chi connectivity index (χ4v) is 2.98. The topological polar surface area (TPSA) is 39.1 Å². The number of hydrogen-bond donors (Lipinski definition) is 0. The maximum atomic E-state index is 14.1. The van der Waals surface area contributed by atoms with Gasteiger partial charge in [0.15, 0.2) is 9.84 Å². The van der Waals surface area contributed by atoms with Gasteiger partial charge in [-0.15, -0.1) is 0 Å². The maximum absolute atomic E-state index is 14.1. The number of para-hydroxylation sites is 1. The molecule has 0 amide bonds. The lowest BCUT2D eigenvalue weighted by atomic mass is 10.2. The lowest BCUT2D eigenvalue weighted by molar-refractivity contribution is 0.587. The Balaban J connectivity index is 1.99. The van der Waals surface area contributed by atoms with Gasteiger partial charge in [-0.3, -0.25) is 0 Å². The van der Waals surface area contributed by atoms with E-state index in [0.717, 1.165) is 23.2 Å². The van der Waals surface area contributed by atoms with Crippen molar-refractivity contribution in [1.82, 2.24) is 4.57 Å². The summed E-state index contributed by atoms with van der Waals surface area (Å²) in [5.74, 6) is -0.504. The first-order valence-electron chi connectivity index (χ1n) is 6.47. The summed E-state index contributed by atoms with van der Waals surface area (Å²) in [7, 11) is -3.39. The summed E-state index contributed by atoms with van der Waals surface area (Å²) in [5, 5.41) is 1.09. The molecule has 0 saturated carbocycles. The van der Waals surface area contributed by atoms with E-state index in [-0.39, 0.29) is 4.90 Å². The second-order valence-corrected chi connectivity index (χ2v) is 7.04. The van der Waals surface area contributed by atoms with Gasteiger partial charge in [-0.2, -0.15) is 0 Å². The summed E-state index contributed by atoms with van der Waals surface area (Å²) < 4.78 is 38.9. The van der Waals surface area contributed by atoms with E-state index < -0.39 is 15.7 Å².